The van der Waals surface area contributed by atoms with Crippen LogP contribution in [-0.2, 0) is 19.1 Å². The summed E-state index contributed by atoms with van der Waals surface area (Å²) in [7, 11) is 4.53. The van der Waals surface area contributed by atoms with Gasteiger partial charge >= 0.3 is 11.9 Å². The maximum absolute atomic E-state index is 12.6. The molecule has 1 unspecified atom stereocenters. The number of methoxy groups -OCH3 is 3. The summed E-state index contributed by atoms with van der Waals surface area (Å²) in [5, 5.41) is 0. The van der Waals surface area contributed by atoms with Crippen LogP contribution in [0.3, 0.4) is 0 Å². The van der Waals surface area contributed by atoms with Crippen LogP contribution >= 0.6 is 15.9 Å². The number of hydrogen-bond acceptors (Lipinski definition) is 7. The molecule has 1 atom stereocenters. The molecule has 1 fully saturated rings. The maximum Gasteiger partial charge on any atom is 0.324 e. The van der Waals surface area contributed by atoms with E-state index in [1.807, 2.05) is 0 Å². The number of rotatable bonds is 8. The number of benzene rings is 1. The fraction of sp³-hybridized carbons (Fsp3) is 0.556. The summed E-state index contributed by atoms with van der Waals surface area (Å²) in [6.45, 7) is 3.74. The molecule has 0 spiro atoms. The zero-order valence-corrected chi connectivity index (χ0v) is 17.1. The fourth-order valence-electron chi connectivity index (χ4n) is 3.11. The Morgan fingerprint density at radius 3 is 2.00 bits per heavy atom. The van der Waals surface area contributed by atoms with Crippen molar-refractivity contribution in [3.8, 4) is 17.2 Å². The van der Waals surface area contributed by atoms with Crippen molar-refractivity contribution < 1.29 is 33.3 Å². The van der Waals surface area contributed by atoms with Gasteiger partial charge < -0.3 is 23.7 Å². The molecule has 26 heavy (non-hydrogen) atoms. The molecule has 1 aromatic rings. The second kappa shape index (κ2) is 8.16. The number of esters is 2. The summed E-state index contributed by atoms with van der Waals surface area (Å²) in [4.78, 5) is 25.2. The Morgan fingerprint density at radius 2 is 1.58 bits per heavy atom. The molecule has 1 aromatic carbocycles. The van der Waals surface area contributed by atoms with Crippen molar-refractivity contribution in [3.63, 3.8) is 0 Å². The van der Waals surface area contributed by atoms with Crippen LogP contribution in [0.2, 0.25) is 0 Å². The van der Waals surface area contributed by atoms with Crippen molar-refractivity contribution in [2.45, 2.75) is 26.2 Å². The topological polar surface area (TPSA) is 80.3 Å². The second-order valence-corrected chi connectivity index (χ2v) is 6.50. The van der Waals surface area contributed by atoms with Gasteiger partial charge in [-0.3, -0.25) is 9.59 Å². The highest BCUT2D eigenvalue weighted by Crippen LogP contribution is 2.65. The molecular weight excluding hydrogens is 408 g/mol. The zero-order valence-electron chi connectivity index (χ0n) is 15.5. The summed E-state index contributed by atoms with van der Waals surface area (Å²) in [6.07, 6.45) is 0.260. The van der Waals surface area contributed by atoms with Gasteiger partial charge in [-0.15, -0.1) is 0 Å². The fourth-order valence-corrected chi connectivity index (χ4v) is 3.77. The normalized spacial score (nSPS) is 17.2. The lowest BCUT2D eigenvalue weighted by Gasteiger charge is -2.20. The summed E-state index contributed by atoms with van der Waals surface area (Å²) in [5.41, 5.74) is -0.788. The largest absolute Gasteiger partial charge is 0.496 e. The molecule has 2 rings (SSSR count). The number of ether oxygens (including phenoxy) is 5. The quantitative estimate of drug-likeness (QED) is 0.462. The summed E-state index contributed by atoms with van der Waals surface area (Å²) < 4.78 is 27.2. The monoisotopic (exact) mass is 430 g/mol. The summed E-state index contributed by atoms with van der Waals surface area (Å²) in [6, 6.07) is 1.68. The van der Waals surface area contributed by atoms with Crippen molar-refractivity contribution >= 4 is 27.9 Å². The van der Waals surface area contributed by atoms with E-state index in [-0.39, 0.29) is 19.6 Å². The first kappa shape index (κ1) is 20.4. The van der Waals surface area contributed by atoms with E-state index >= 15 is 0 Å². The van der Waals surface area contributed by atoms with E-state index in [9.17, 15) is 9.59 Å². The predicted molar refractivity (Wildman–Crippen MR) is 96.9 cm³/mol. The Morgan fingerprint density at radius 1 is 1.04 bits per heavy atom. The zero-order chi connectivity index (χ0) is 19.5. The van der Waals surface area contributed by atoms with Crippen LogP contribution in [0.5, 0.6) is 17.2 Å². The van der Waals surface area contributed by atoms with E-state index in [0.29, 0.717) is 27.3 Å². The van der Waals surface area contributed by atoms with Gasteiger partial charge in [0.15, 0.2) is 5.41 Å². The number of carbonyl (C=O) groups is 2. The maximum atomic E-state index is 12.6. The molecule has 1 saturated carbocycles. The molecule has 1 aliphatic rings. The molecule has 0 saturated heterocycles. The first-order valence-electron chi connectivity index (χ1n) is 8.25. The van der Waals surface area contributed by atoms with Crippen molar-refractivity contribution in [3.05, 3.63) is 16.1 Å². The minimum atomic E-state index is -1.39. The van der Waals surface area contributed by atoms with E-state index < -0.39 is 23.3 Å². The molecule has 0 heterocycles. The molecular formula is C18H23BrO7. The van der Waals surface area contributed by atoms with Crippen LogP contribution in [0.25, 0.3) is 0 Å². The lowest BCUT2D eigenvalue weighted by molar-refractivity contribution is -0.164. The third-order valence-corrected chi connectivity index (χ3v) is 5.17. The van der Waals surface area contributed by atoms with Crippen molar-refractivity contribution in [2.75, 3.05) is 34.5 Å². The van der Waals surface area contributed by atoms with Crippen LogP contribution in [0.4, 0.5) is 0 Å². The van der Waals surface area contributed by atoms with Crippen molar-refractivity contribution in [1.29, 1.82) is 0 Å². The molecule has 1 aliphatic carbocycles. The third-order valence-electron chi connectivity index (χ3n) is 4.42. The summed E-state index contributed by atoms with van der Waals surface area (Å²) >= 11 is 3.45. The molecule has 0 bridgehead atoms. The van der Waals surface area contributed by atoms with Crippen molar-refractivity contribution in [2.24, 2.45) is 5.41 Å². The predicted octanol–water partition coefficient (Wildman–Crippen LogP) is 3.07. The summed E-state index contributed by atoms with van der Waals surface area (Å²) in [5.74, 6) is -0.253. The highest BCUT2D eigenvalue weighted by Gasteiger charge is 2.70. The molecule has 7 nitrogen and oxygen atoms in total. The molecule has 0 aliphatic heterocycles. The van der Waals surface area contributed by atoms with Gasteiger partial charge in [0.05, 0.1) is 34.5 Å². The third kappa shape index (κ3) is 3.22. The van der Waals surface area contributed by atoms with E-state index in [1.165, 1.54) is 21.3 Å². The molecule has 0 amide bonds. The van der Waals surface area contributed by atoms with Gasteiger partial charge in [-0.05, 0) is 36.2 Å². The SMILES string of the molecule is CCOC(=O)C1(C(=O)OCC)CC1c1c(OC)cc(OC)c(Br)c1OC. The van der Waals surface area contributed by atoms with E-state index in [1.54, 1.807) is 19.9 Å². The molecule has 0 radical (unpaired) electrons. The Kier molecular flexibility index (Phi) is 6.39. The van der Waals surface area contributed by atoms with Gasteiger partial charge in [-0.25, -0.2) is 0 Å². The van der Waals surface area contributed by atoms with E-state index in [2.05, 4.69) is 15.9 Å². The minimum Gasteiger partial charge on any atom is -0.496 e. The van der Waals surface area contributed by atoms with Crippen LogP contribution in [0.15, 0.2) is 10.5 Å². The van der Waals surface area contributed by atoms with E-state index in [4.69, 9.17) is 23.7 Å². The van der Waals surface area contributed by atoms with Crippen molar-refractivity contribution in [1.82, 2.24) is 0 Å². The highest BCUT2D eigenvalue weighted by atomic mass is 79.9. The first-order chi connectivity index (χ1) is 12.4. The van der Waals surface area contributed by atoms with Gasteiger partial charge in [0.25, 0.3) is 0 Å². The minimum absolute atomic E-state index is 0.174. The number of hydrogen-bond donors (Lipinski definition) is 0. The Hall–Kier alpha value is -1.96. The molecule has 8 heteroatoms. The Balaban J connectivity index is 2.58. The van der Waals surface area contributed by atoms with Gasteiger partial charge in [0.2, 0.25) is 0 Å². The molecule has 0 aromatic heterocycles. The van der Waals surface area contributed by atoms with Crippen LogP contribution in [-0.4, -0.2) is 46.5 Å². The van der Waals surface area contributed by atoms with Gasteiger partial charge in [0, 0.05) is 17.5 Å². The standard InChI is InChI=1S/C18H23BrO7/c1-6-25-16(20)18(17(21)26-7-2)9-10(18)13-11(22-3)8-12(23-4)14(19)15(13)24-5/h8,10H,6-7,9H2,1-5H3. The highest BCUT2D eigenvalue weighted by molar-refractivity contribution is 9.10. The second-order valence-electron chi connectivity index (χ2n) is 5.71. The smallest absolute Gasteiger partial charge is 0.324 e. The molecule has 0 N–H and O–H groups in total. The van der Waals surface area contributed by atoms with Gasteiger partial charge in [-0.1, -0.05) is 0 Å². The van der Waals surface area contributed by atoms with Gasteiger partial charge in [-0.2, -0.15) is 0 Å². The number of halogens is 1. The van der Waals surface area contributed by atoms with Crippen LogP contribution < -0.4 is 14.2 Å². The Bertz CT molecular complexity index is 683. The first-order valence-corrected chi connectivity index (χ1v) is 9.04. The Labute approximate surface area is 161 Å². The molecule has 144 valence electrons. The van der Waals surface area contributed by atoms with E-state index in [0.717, 1.165) is 0 Å². The average molecular weight is 431 g/mol. The number of carbonyl (C=O) groups excluding carboxylic acids is 2. The lowest BCUT2D eigenvalue weighted by atomic mass is 9.97. The van der Waals surface area contributed by atoms with Gasteiger partial charge in [0.1, 0.15) is 21.7 Å². The average Bonchev–Trinajstić information content (AvgIpc) is 3.38. The lowest BCUT2D eigenvalue weighted by Crippen LogP contribution is -2.31. The van der Waals surface area contributed by atoms with Crippen LogP contribution in [0.1, 0.15) is 31.7 Å². The van der Waals surface area contributed by atoms with Crippen LogP contribution in [0, 0.1) is 5.41 Å².